The molecule has 3 atom stereocenters. The van der Waals surface area contributed by atoms with Crippen molar-refractivity contribution in [1.82, 2.24) is 5.32 Å². The lowest BCUT2D eigenvalue weighted by Crippen LogP contribution is -2.46. The second-order valence-corrected chi connectivity index (χ2v) is 5.65. The van der Waals surface area contributed by atoms with Crippen LogP contribution in [0.15, 0.2) is 30.3 Å². The maximum Gasteiger partial charge on any atom is 0.0666 e. The van der Waals surface area contributed by atoms with Gasteiger partial charge in [0.15, 0.2) is 0 Å². The molecule has 3 heteroatoms. The number of ether oxygens (including phenoxy) is 1. The van der Waals surface area contributed by atoms with E-state index in [-0.39, 0.29) is 18.2 Å². The zero-order valence-electron chi connectivity index (χ0n) is 11.9. The van der Waals surface area contributed by atoms with Gasteiger partial charge in [-0.05, 0) is 31.7 Å². The maximum absolute atomic E-state index is 9.60. The summed E-state index contributed by atoms with van der Waals surface area (Å²) >= 11 is 0. The van der Waals surface area contributed by atoms with Gasteiger partial charge in [0.1, 0.15) is 0 Å². The number of hydrogen-bond donors (Lipinski definition) is 2. The third-order valence-electron chi connectivity index (χ3n) is 4.16. The first-order chi connectivity index (χ1) is 9.17. The summed E-state index contributed by atoms with van der Waals surface area (Å²) in [5.41, 5.74) is 1.13. The Balaban J connectivity index is 1.99. The van der Waals surface area contributed by atoms with Gasteiger partial charge in [-0.15, -0.1) is 0 Å². The largest absolute Gasteiger partial charge is 0.394 e. The van der Waals surface area contributed by atoms with Crippen molar-refractivity contribution in [3.05, 3.63) is 35.9 Å². The van der Waals surface area contributed by atoms with Gasteiger partial charge in [-0.3, -0.25) is 0 Å². The predicted molar refractivity (Wildman–Crippen MR) is 77.1 cm³/mol. The van der Waals surface area contributed by atoms with Crippen molar-refractivity contribution in [2.45, 2.75) is 50.8 Å². The van der Waals surface area contributed by atoms with Crippen LogP contribution >= 0.6 is 0 Å². The molecular formula is C16H25NO2. The van der Waals surface area contributed by atoms with E-state index in [4.69, 9.17) is 4.74 Å². The van der Waals surface area contributed by atoms with Gasteiger partial charge in [0.2, 0.25) is 0 Å². The molecule has 1 heterocycles. The molecule has 0 aromatic heterocycles. The molecule has 1 aromatic rings. The number of aliphatic hydroxyl groups is 1. The van der Waals surface area contributed by atoms with Crippen LogP contribution in [0.3, 0.4) is 0 Å². The molecule has 1 fully saturated rings. The SMILES string of the molecule is CCC1(C)CC(N[C@H](CO)c2ccccc2)CCO1. The number of nitrogens with one attached hydrogen (secondary N) is 1. The molecule has 1 aromatic carbocycles. The summed E-state index contributed by atoms with van der Waals surface area (Å²) in [6.45, 7) is 5.28. The molecule has 2 rings (SSSR count). The Hall–Kier alpha value is -0.900. The molecule has 0 spiro atoms. The summed E-state index contributed by atoms with van der Waals surface area (Å²) in [5, 5.41) is 13.2. The van der Waals surface area contributed by atoms with Crippen LogP contribution in [0, 0.1) is 0 Å². The van der Waals surface area contributed by atoms with E-state index in [1.54, 1.807) is 0 Å². The Morgan fingerprint density at radius 3 is 2.79 bits per heavy atom. The Kier molecular flexibility index (Phi) is 4.97. The second kappa shape index (κ2) is 6.51. The second-order valence-electron chi connectivity index (χ2n) is 5.65. The van der Waals surface area contributed by atoms with Crippen LogP contribution in [0.1, 0.15) is 44.7 Å². The van der Waals surface area contributed by atoms with Crippen LogP contribution in [0.25, 0.3) is 0 Å². The predicted octanol–water partition coefficient (Wildman–Crippen LogP) is 2.66. The molecule has 0 radical (unpaired) electrons. The average Bonchev–Trinajstić information content (AvgIpc) is 2.46. The van der Waals surface area contributed by atoms with Crippen LogP contribution in [-0.4, -0.2) is 30.0 Å². The lowest BCUT2D eigenvalue weighted by molar-refractivity contribution is -0.0797. The number of rotatable bonds is 5. The highest BCUT2D eigenvalue weighted by Gasteiger charge is 2.32. The molecule has 2 unspecified atom stereocenters. The van der Waals surface area contributed by atoms with Crippen molar-refractivity contribution in [2.24, 2.45) is 0 Å². The van der Waals surface area contributed by atoms with Crippen LogP contribution < -0.4 is 5.32 Å². The smallest absolute Gasteiger partial charge is 0.0666 e. The van der Waals surface area contributed by atoms with Gasteiger partial charge >= 0.3 is 0 Å². The lowest BCUT2D eigenvalue weighted by atomic mass is 9.89. The summed E-state index contributed by atoms with van der Waals surface area (Å²) < 4.78 is 5.86. The normalized spacial score (nSPS) is 29.1. The molecule has 0 amide bonds. The van der Waals surface area contributed by atoms with Crippen LogP contribution in [0.5, 0.6) is 0 Å². The molecule has 1 aliphatic rings. The van der Waals surface area contributed by atoms with Crippen molar-refractivity contribution < 1.29 is 9.84 Å². The minimum Gasteiger partial charge on any atom is -0.394 e. The Morgan fingerprint density at radius 2 is 2.16 bits per heavy atom. The van der Waals surface area contributed by atoms with E-state index >= 15 is 0 Å². The number of aliphatic hydroxyl groups excluding tert-OH is 1. The third kappa shape index (κ3) is 3.78. The maximum atomic E-state index is 9.60. The van der Waals surface area contributed by atoms with Gasteiger partial charge in [-0.25, -0.2) is 0 Å². The minimum atomic E-state index is -0.0212. The van der Waals surface area contributed by atoms with Crippen molar-refractivity contribution in [3.63, 3.8) is 0 Å². The molecule has 106 valence electrons. The molecule has 1 saturated heterocycles. The quantitative estimate of drug-likeness (QED) is 0.858. The molecule has 1 aliphatic heterocycles. The standard InChI is InChI=1S/C16H25NO2/c1-3-16(2)11-14(9-10-19-16)17-15(12-18)13-7-5-4-6-8-13/h4-8,14-15,17-18H,3,9-12H2,1-2H3/t14?,15-,16?/m1/s1. The van der Waals surface area contributed by atoms with Gasteiger partial charge in [-0.1, -0.05) is 37.3 Å². The topological polar surface area (TPSA) is 41.5 Å². The first-order valence-corrected chi connectivity index (χ1v) is 7.22. The fourth-order valence-electron chi connectivity index (χ4n) is 2.74. The monoisotopic (exact) mass is 263 g/mol. The summed E-state index contributed by atoms with van der Waals surface area (Å²) in [6, 6.07) is 10.6. The fraction of sp³-hybridized carbons (Fsp3) is 0.625. The van der Waals surface area contributed by atoms with E-state index in [1.165, 1.54) is 0 Å². The van der Waals surface area contributed by atoms with Crippen molar-refractivity contribution in [3.8, 4) is 0 Å². The molecular weight excluding hydrogens is 238 g/mol. The first-order valence-electron chi connectivity index (χ1n) is 7.22. The summed E-state index contributed by atoms with van der Waals surface area (Å²) in [4.78, 5) is 0. The van der Waals surface area contributed by atoms with Crippen LogP contribution in [0.2, 0.25) is 0 Å². The highest BCUT2D eigenvalue weighted by atomic mass is 16.5. The summed E-state index contributed by atoms with van der Waals surface area (Å²) in [7, 11) is 0. The summed E-state index contributed by atoms with van der Waals surface area (Å²) in [6.07, 6.45) is 3.05. The minimum absolute atomic E-state index is 0.0189. The fourth-order valence-corrected chi connectivity index (χ4v) is 2.74. The highest BCUT2D eigenvalue weighted by molar-refractivity contribution is 5.19. The average molecular weight is 263 g/mol. The third-order valence-corrected chi connectivity index (χ3v) is 4.16. The Morgan fingerprint density at radius 1 is 1.42 bits per heavy atom. The molecule has 2 N–H and O–H groups in total. The zero-order valence-corrected chi connectivity index (χ0v) is 11.9. The van der Waals surface area contributed by atoms with Crippen LogP contribution in [0.4, 0.5) is 0 Å². The number of hydrogen-bond acceptors (Lipinski definition) is 3. The first kappa shape index (κ1) is 14.5. The van der Waals surface area contributed by atoms with E-state index in [0.29, 0.717) is 6.04 Å². The molecule has 3 nitrogen and oxygen atoms in total. The van der Waals surface area contributed by atoms with Gasteiger partial charge in [0.05, 0.1) is 18.2 Å². The van der Waals surface area contributed by atoms with Crippen LogP contribution in [-0.2, 0) is 4.74 Å². The molecule has 19 heavy (non-hydrogen) atoms. The molecule has 0 aliphatic carbocycles. The summed E-state index contributed by atoms with van der Waals surface area (Å²) in [5.74, 6) is 0. The highest BCUT2D eigenvalue weighted by Crippen LogP contribution is 2.29. The van der Waals surface area contributed by atoms with Crippen molar-refractivity contribution in [1.29, 1.82) is 0 Å². The van der Waals surface area contributed by atoms with Crippen molar-refractivity contribution in [2.75, 3.05) is 13.2 Å². The lowest BCUT2D eigenvalue weighted by Gasteiger charge is -2.39. The Labute approximate surface area is 116 Å². The zero-order chi connectivity index (χ0) is 13.7. The van der Waals surface area contributed by atoms with E-state index < -0.39 is 0 Å². The van der Waals surface area contributed by atoms with E-state index in [0.717, 1.165) is 31.4 Å². The number of benzene rings is 1. The van der Waals surface area contributed by atoms with Gasteiger partial charge in [-0.2, -0.15) is 0 Å². The van der Waals surface area contributed by atoms with E-state index in [9.17, 15) is 5.11 Å². The van der Waals surface area contributed by atoms with Crippen molar-refractivity contribution >= 4 is 0 Å². The van der Waals surface area contributed by atoms with Gasteiger partial charge in [0, 0.05) is 12.6 Å². The van der Waals surface area contributed by atoms with Gasteiger partial charge in [0.25, 0.3) is 0 Å². The van der Waals surface area contributed by atoms with E-state index in [2.05, 4.69) is 31.3 Å². The van der Waals surface area contributed by atoms with E-state index in [1.807, 2.05) is 18.2 Å². The molecule has 0 saturated carbocycles. The molecule has 0 bridgehead atoms. The van der Waals surface area contributed by atoms with Gasteiger partial charge < -0.3 is 15.2 Å². The Bertz CT molecular complexity index is 382.